The van der Waals surface area contributed by atoms with E-state index in [1.165, 1.54) is 0 Å². The Bertz CT molecular complexity index is 506. The highest BCUT2D eigenvalue weighted by Gasteiger charge is 2.39. The van der Waals surface area contributed by atoms with Crippen LogP contribution in [0.5, 0.6) is 0 Å². The third-order valence-electron chi connectivity index (χ3n) is 4.50. The molecule has 0 heterocycles. The van der Waals surface area contributed by atoms with Crippen LogP contribution in [0.25, 0.3) is 0 Å². The Kier molecular flexibility index (Phi) is 3.57. The first-order chi connectivity index (χ1) is 8.81. The van der Waals surface area contributed by atoms with Crippen LogP contribution < -0.4 is 11.1 Å². The second-order valence-corrected chi connectivity index (χ2v) is 6.45. The lowest BCUT2D eigenvalue weighted by atomic mass is 9.81. The first-order valence-electron chi connectivity index (χ1n) is 6.99. The summed E-state index contributed by atoms with van der Waals surface area (Å²) in [5.74, 6) is 0.200. The van der Waals surface area contributed by atoms with E-state index in [0.717, 1.165) is 36.1 Å². The van der Waals surface area contributed by atoms with Crippen molar-refractivity contribution in [2.45, 2.75) is 47.0 Å². The van der Waals surface area contributed by atoms with E-state index in [1.54, 1.807) is 0 Å². The smallest absolute Gasteiger partial charge is 0.228 e. The molecule has 19 heavy (non-hydrogen) atoms. The summed E-state index contributed by atoms with van der Waals surface area (Å²) in [7, 11) is 0. The second-order valence-electron chi connectivity index (χ2n) is 6.45. The number of carbonyl (C=O) groups excluding carboxylic acids is 1. The zero-order valence-corrected chi connectivity index (χ0v) is 12.3. The summed E-state index contributed by atoms with van der Waals surface area (Å²) in [6, 6.07) is 3.88. The quantitative estimate of drug-likeness (QED) is 0.797. The van der Waals surface area contributed by atoms with E-state index in [4.69, 9.17) is 5.73 Å². The number of rotatable bonds is 2. The van der Waals surface area contributed by atoms with Crippen molar-refractivity contribution < 1.29 is 4.79 Å². The van der Waals surface area contributed by atoms with Gasteiger partial charge in [-0.1, -0.05) is 20.3 Å². The number of hydrogen-bond acceptors (Lipinski definition) is 2. The summed E-state index contributed by atoms with van der Waals surface area (Å²) in [4.78, 5) is 12.4. The van der Waals surface area contributed by atoms with Gasteiger partial charge in [-0.15, -0.1) is 0 Å². The van der Waals surface area contributed by atoms with Crippen molar-refractivity contribution in [3.8, 4) is 0 Å². The van der Waals surface area contributed by atoms with E-state index in [2.05, 4.69) is 19.2 Å². The summed E-state index contributed by atoms with van der Waals surface area (Å²) in [5.41, 5.74) is 9.78. The molecule has 0 radical (unpaired) electrons. The number of nitrogens with one attached hydrogen (secondary N) is 1. The molecule has 1 aromatic carbocycles. The van der Waals surface area contributed by atoms with Crippen molar-refractivity contribution in [2.24, 2.45) is 11.3 Å². The summed E-state index contributed by atoms with van der Waals surface area (Å²) in [5, 5.41) is 3.01. The molecule has 1 saturated carbocycles. The molecule has 3 N–H and O–H groups in total. The van der Waals surface area contributed by atoms with Gasteiger partial charge >= 0.3 is 0 Å². The molecule has 104 valence electrons. The summed E-state index contributed by atoms with van der Waals surface area (Å²) in [6.45, 7) is 8.41. The third-order valence-corrected chi connectivity index (χ3v) is 4.50. The lowest BCUT2D eigenvalue weighted by molar-refractivity contribution is -0.122. The molecule has 0 bridgehead atoms. The van der Waals surface area contributed by atoms with Crippen LogP contribution in [0, 0.1) is 25.2 Å². The number of hydrogen-bond donors (Lipinski definition) is 2. The maximum absolute atomic E-state index is 12.4. The molecule has 1 aromatic rings. The minimum atomic E-state index is 0.0912. The largest absolute Gasteiger partial charge is 0.397 e. The monoisotopic (exact) mass is 260 g/mol. The van der Waals surface area contributed by atoms with Gasteiger partial charge in [0.1, 0.15) is 0 Å². The van der Waals surface area contributed by atoms with Gasteiger partial charge in [0.05, 0.1) is 11.4 Å². The third kappa shape index (κ3) is 2.75. The topological polar surface area (TPSA) is 55.1 Å². The number of amides is 1. The Morgan fingerprint density at radius 2 is 1.95 bits per heavy atom. The Balaban J connectivity index is 2.18. The SMILES string of the molecule is Cc1cc(N)c(NC(=O)C2CCCC2(C)C)cc1C. The zero-order valence-electron chi connectivity index (χ0n) is 12.3. The van der Waals surface area contributed by atoms with Crippen LogP contribution in [0.4, 0.5) is 11.4 Å². The molecule has 0 spiro atoms. The maximum Gasteiger partial charge on any atom is 0.228 e. The summed E-state index contributed by atoms with van der Waals surface area (Å²) in [6.07, 6.45) is 3.23. The van der Waals surface area contributed by atoms with Gasteiger partial charge in [-0.25, -0.2) is 0 Å². The van der Waals surface area contributed by atoms with Gasteiger partial charge in [0.25, 0.3) is 0 Å². The molecule has 3 nitrogen and oxygen atoms in total. The number of anilines is 2. The number of carbonyl (C=O) groups is 1. The highest BCUT2D eigenvalue weighted by atomic mass is 16.1. The van der Waals surface area contributed by atoms with Gasteiger partial charge < -0.3 is 11.1 Å². The van der Waals surface area contributed by atoms with E-state index in [9.17, 15) is 4.79 Å². The number of benzene rings is 1. The van der Waals surface area contributed by atoms with E-state index in [0.29, 0.717) is 5.69 Å². The van der Waals surface area contributed by atoms with Crippen molar-refractivity contribution in [1.29, 1.82) is 0 Å². The van der Waals surface area contributed by atoms with Gasteiger partial charge in [0.2, 0.25) is 5.91 Å². The van der Waals surface area contributed by atoms with Crippen molar-refractivity contribution in [1.82, 2.24) is 0 Å². The van der Waals surface area contributed by atoms with Crippen LogP contribution >= 0.6 is 0 Å². The lowest BCUT2D eigenvalue weighted by Crippen LogP contribution is -2.31. The first-order valence-corrected chi connectivity index (χ1v) is 6.99. The molecule has 2 rings (SSSR count). The van der Waals surface area contributed by atoms with Crippen LogP contribution in [0.2, 0.25) is 0 Å². The van der Waals surface area contributed by atoms with Gasteiger partial charge in [-0.3, -0.25) is 4.79 Å². The Labute approximate surface area is 115 Å². The van der Waals surface area contributed by atoms with Gasteiger partial charge in [-0.05, 0) is 55.4 Å². The fourth-order valence-corrected chi connectivity index (χ4v) is 2.98. The van der Waals surface area contributed by atoms with Crippen molar-refractivity contribution in [3.63, 3.8) is 0 Å². The summed E-state index contributed by atoms with van der Waals surface area (Å²) >= 11 is 0. The Morgan fingerprint density at radius 3 is 2.53 bits per heavy atom. The minimum absolute atomic E-state index is 0.0912. The van der Waals surface area contributed by atoms with Crippen LogP contribution in [-0.2, 0) is 4.79 Å². The molecule has 0 aromatic heterocycles. The number of nitrogen functional groups attached to an aromatic ring is 1. The lowest BCUT2D eigenvalue weighted by Gasteiger charge is -2.26. The second kappa shape index (κ2) is 4.87. The van der Waals surface area contributed by atoms with Crippen molar-refractivity contribution in [3.05, 3.63) is 23.3 Å². The van der Waals surface area contributed by atoms with Gasteiger partial charge in [-0.2, -0.15) is 0 Å². The Hall–Kier alpha value is -1.51. The van der Waals surface area contributed by atoms with E-state index in [1.807, 2.05) is 26.0 Å². The average molecular weight is 260 g/mol. The average Bonchev–Trinajstić information content (AvgIpc) is 2.65. The predicted molar refractivity (Wildman–Crippen MR) is 80.1 cm³/mol. The summed E-state index contributed by atoms with van der Waals surface area (Å²) < 4.78 is 0. The van der Waals surface area contributed by atoms with Crippen LogP contribution in [0.3, 0.4) is 0 Å². The highest BCUT2D eigenvalue weighted by molar-refractivity contribution is 5.96. The normalized spacial score (nSPS) is 21.4. The minimum Gasteiger partial charge on any atom is -0.397 e. The predicted octanol–water partition coefficient (Wildman–Crippen LogP) is 3.65. The molecular formula is C16H24N2O. The fourth-order valence-electron chi connectivity index (χ4n) is 2.98. The zero-order chi connectivity index (χ0) is 14.2. The standard InChI is InChI=1S/C16H24N2O/c1-10-8-13(17)14(9-11(10)2)18-15(19)12-6-5-7-16(12,3)4/h8-9,12H,5-7,17H2,1-4H3,(H,18,19). The fraction of sp³-hybridized carbons (Fsp3) is 0.562. The molecule has 1 aliphatic carbocycles. The highest BCUT2D eigenvalue weighted by Crippen LogP contribution is 2.43. The first kappa shape index (κ1) is 13.9. The Morgan fingerprint density at radius 1 is 1.32 bits per heavy atom. The van der Waals surface area contributed by atoms with Gasteiger partial charge in [0.15, 0.2) is 0 Å². The van der Waals surface area contributed by atoms with Gasteiger partial charge in [0, 0.05) is 5.92 Å². The van der Waals surface area contributed by atoms with E-state index < -0.39 is 0 Å². The molecule has 1 aliphatic rings. The molecule has 0 saturated heterocycles. The van der Waals surface area contributed by atoms with Crippen LogP contribution in [-0.4, -0.2) is 5.91 Å². The number of nitrogens with two attached hydrogens (primary N) is 1. The van der Waals surface area contributed by atoms with Crippen molar-refractivity contribution in [2.75, 3.05) is 11.1 Å². The molecule has 1 atom stereocenters. The molecule has 3 heteroatoms. The maximum atomic E-state index is 12.4. The van der Waals surface area contributed by atoms with Crippen molar-refractivity contribution >= 4 is 17.3 Å². The molecule has 1 unspecified atom stereocenters. The number of aryl methyl sites for hydroxylation is 2. The van der Waals surface area contributed by atoms with Crippen LogP contribution in [0.1, 0.15) is 44.2 Å². The molecule has 1 fully saturated rings. The molecule has 0 aliphatic heterocycles. The van der Waals surface area contributed by atoms with E-state index in [-0.39, 0.29) is 17.2 Å². The van der Waals surface area contributed by atoms with Crippen LogP contribution in [0.15, 0.2) is 12.1 Å². The molecule has 1 amide bonds. The molecular weight excluding hydrogens is 236 g/mol. The van der Waals surface area contributed by atoms with E-state index >= 15 is 0 Å².